The van der Waals surface area contributed by atoms with Crippen LogP contribution in [0.25, 0.3) is 22.0 Å². The molecule has 0 atom stereocenters. The summed E-state index contributed by atoms with van der Waals surface area (Å²) in [5.41, 5.74) is 7.30. The maximum Gasteiger partial charge on any atom is 0.123 e. The summed E-state index contributed by atoms with van der Waals surface area (Å²) < 4.78 is 22.5. The maximum absolute atomic E-state index is 13.7. The standard InChI is InChI=1S/C32H36FN3O/c1-23(2)36-20-26(31-29(5-4-6-30(31)36)25-9-11-27(33)12-10-25)19-34-17-15-32(16-18-34)21-35(22-37-32)28-13-7-24(3)8-14-28/h4-14,20,23H,15-19,21-22H2,1-3H3. The summed E-state index contributed by atoms with van der Waals surface area (Å²) in [6.45, 7) is 11.2. The van der Waals surface area contributed by atoms with Crippen molar-refractivity contribution < 1.29 is 9.13 Å². The lowest BCUT2D eigenvalue weighted by molar-refractivity contribution is -0.0375. The Kier molecular flexibility index (Phi) is 6.29. The molecule has 0 saturated carbocycles. The van der Waals surface area contributed by atoms with Crippen molar-refractivity contribution in [3.63, 3.8) is 0 Å². The molecule has 0 aliphatic carbocycles. The molecule has 0 unspecified atom stereocenters. The third kappa shape index (κ3) is 4.67. The van der Waals surface area contributed by atoms with Gasteiger partial charge in [0.15, 0.2) is 0 Å². The number of rotatable bonds is 5. The first kappa shape index (κ1) is 24.2. The predicted octanol–water partition coefficient (Wildman–Crippen LogP) is 7.17. The van der Waals surface area contributed by atoms with E-state index in [0.29, 0.717) is 12.8 Å². The van der Waals surface area contributed by atoms with E-state index in [1.165, 1.54) is 33.3 Å². The second-order valence-electron chi connectivity index (χ2n) is 11.1. The normalized spacial score (nSPS) is 17.9. The van der Waals surface area contributed by atoms with Crippen LogP contribution in [0.1, 0.15) is 43.9 Å². The van der Waals surface area contributed by atoms with Crippen LogP contribution in [0.4, 0.5) is 10.1 Å². The quantitative estimate of drug-likeness (QED) is 0.292. The Labute approximate surface area is 219 Å². The topological polar surface area (TPSA) is 20.6 Å². The zero-order chi connectivity index (χ0) is 25.6. The van der Waals surface area contributed by atoms with Crippen LogP contribution in [-0.2, 0) is 11.3 Å². The Morgan fingerprint density at radius 3 is 2.38 bits per heavy atom. The molecular formula is C32H36FN3O. The Morgan fingerprint density at radius 1 is 0.946 bits per heavy atom. The summed E-state index contributed by atoms with van der Waals surface area (Å²) >= 11 is 0. The maximum atomic E-state index is 13.7. The molecule has 4 aromatic rings. The van der Waals surface area contributed by atoms with E-state index in [1.54, 1.807) is 12.1 Å². The number of likely N-dealkylation sites (tertiary alicyclic amines) is 1. The Balaban J connectivity index is 1.22. The summed E-state index contributed by atoms with van der Waals surface area (Å²) in [6, 6.07) is 22.5. The van der Waals surface area contributed by atoms with Crippen molar-refractivity contribution in [3.05, 3.63) is 89.9 Å². The van der Waals surface area contributed by atoms with Crippen LogP contribution in [0.3, 0.4) is 0 Å². The summed E-state index contributed by atoms with van der Waals surface area (Å²) in [7, 11) is 0. The predicted molar refractivity (Wildman–Crippen MR) is 149 cm³/mol. The molecule has 3 heterocycles. The second kappa shape index (κ2) is 9.62. The van der Waals surface area contributed by atoms with Crippen molar-refractivity contribution in [2.24, 2.45) is 0 Å². The van der Waals surface area contributed by atoms with Gasteiger partial charge in [-0.15, -0.1) is 0 Å². The molecule has 2 saturated heterocycles. The third-order valence-electron chi connectivity index (χ3n) is 8.21. The molecule has 6 rings (SSSR count). The first-order chi connectivity index (χ1) is 17.9. The summed E-state index contributed by atoms with van der Waals surface area (Å²) in [6.07, 6.45) is 4.42. The zero-order valence-electron chi connectivity index (χ0n) is 22.1. The van der Waals surface area contributed by atoms with Crippen molar-refractivity contribution >= 4 is 16.6 Å². The van der Waals surface area contributed by atoms with Crippen LogP contribution in [0.2, 0.25) is 0 Å². The summed E-state index contributed by atoms with van der Waals surface area (Å²) in [4.78, 5) is 4.95. The monoisotopic (exact) mass is 497 g/mol. The molecule has 2 aliphatic rings. The van der Waals surface area contributed by atoms with E-state index in [-0.39, 0.29) is 11.4 Å². The van der Waals surface area contributed by atoms with Gasteiger partial charge in [0.05, 0.1) is 5.60 Å². The van der Waals surface area contributed by atoms with Gasteiger partial charge in [0, 0.05) is 55.0 Å². The van der Waals surface area contributed by atoms with E-state index in [1.807, 2.05) is 12.1 Å². The summed E-state index contributed by atoms with van der Waals surface area (Å²) in [5.74, 6) is -0.201. The molecule has 2 aliphatic heterocycles. The number of halogens is 1. The highest BCUT2D eigenvalue weighted by molar-refractivity contribution is 5.98. The molecule has 4 nitrogen and oxygen atoms in total. The highest BCUT2D eigenvalue weighted by Crippen LogP contribution is 2.38. The van der Waals surface area contributed by atoms with Crippen LogP contribution in [-0.4, -0.2) is 41.4 Å². The van der Waals surface area contributed by atoms with Crippen LogP contribution in [0.5, 0.6) is 0 Å². The number of hydrogen-bond donors (Lipinski definition) is 0. The molecule has 5 heteroatoms. The largest absolute Gasteiger partial charge is 0.353 e. The molecule has 0 bridgehead atoms. The minimum absolute atomic E-state index is 0.0490. The molecule has 0 amide bonds. The van der Waals surface area contributed by atoms with Gasteiger partial charge in [0.1, 0.15) is 12.5 Å². The van der Waals surface area contributed by atoms with Crippen LogP contribution >= 0.6 is 0 Å². The molecule has 192 valence electrons. The zero-order valence-corrected chi connectivity index (χ0v) is 22.1. The highest BCUT2D eigenvalue weighted by atomic mass is 19.1. The lowest BCUT2D eigenvalue weighted by Crippen LogP contribution is -2.46. The number of aromatic nitrogens is 1. The number of anilines is 1. The van der Waals surface area contributed by atoms with E-state index in [0.717, 1.165) is 44.6 Å². The van der Waals surface area contributed by atoms with Gasteiger partial charge in [-0.05, 0) is 80.6 Å². The molecule has 0 radical (unpaired) electrons. The van der Waals surface area contributed by atoms with Gasteiger partial charge in [0.25, 0.3) is 0 Å². The van der Waals surface area contributed by atoms with E-state index in [4.69, 9.17) is 4.74 Å². The molecule has 1 aromatic heterocycles. The van der Waals surface area contributed by atoms with Gasteiger partial charge in [-0.3, -0.25) is 4.90 Å². The molecule has 1 spiro atoms. The lowest BCUT2D eigenvalue weighted by Gasteiger charge is -2.38. The van der Waals surface area contributed by atoms with Gasteiger partial charge in [-0.25, -0.2) is 4.39 Å². The molecule has 3 aromatic carbocycles. The van der Waals surface area contributed by atoms with Gasteiger partial charge < -0.3 is 14.2 Å². The number of ether oxygens (including phenoxy) is 1. The van der Waals surface area contributed by atoms with Gasteiger partial charge in [-0.1, -0.05) is 42.0 Å². The number of piperidine rings is 1. The Bertz CT molecular complexity index is 1380. The minimum atomic E-state index is -0.201. The molecule has 37 heavy (non-hydrogen) atoms. The first-order valence-corrected chi connectivity index (χ1v) is 13.5. The Morgan fingerprint density at radius 2 is 1.68 bits per heavy atom. The van der Waals surface area contributed by atoms with E-state index in [9.17, 15) is 4.39 Å². The fourth-order valence-electron chi connectivity index (χ4n) is 6.05. The average molecular weight is 498 g/mol. The van der Waals surface area contributed by atoms with E-state index >= 15 is 0 Å². The van der Waals surface area contributed by atoms with Crippen molar-refractivity contribution in [2.45, 2.75) is 51.8 Å². The second-order valence-corrected chi connectivity index (χ2v) is 11.1. The lowest BCUT2D eigenvalue weighted by atomic mass is 9.90. The number of aryl methyl sites for hydroxylation is 1. The van der Waals surface area contributed by atoms with E-state index in [2.05, 4.69) is 83.8 Å². The van der Waals surface area contributed by atoms with Gasteiger partial charge in [0.2, 0.25) is 0 Å². The van der Waals surface area contributed by atoms with Crippen LogP contribution < -0.4 is 4.90 Å². The minimum Gasteiger partial charge on any atom is -0.353 e. The van der Waals surface area contributed by atoms with Crippen LogP contribution in [0.15, 0.2) is 72.9 Å². The third-order valence-corrected chi connectivity index (χ3v) is 8.21. The number of hydrogen-bond acceptors (Lipinski definition) is 3. The highest BCUT2D eigenvalue weighted by Gasteiger charge is 2.42. The number of benzene rings is 3. The average Bonchev–Trinajstić information content (AvgIpc) is 3.49. The molecule has 0 N–H and O–H groups in total. The number of fused-ring (bicyclic) bond motifs is 1. The SMILES string of the molecule is Cc1ccc(N2COC3(CCN(Cc4cn(C(C)C)c5cccc(-c6ccc(F)cc6)c45)CC3)C2)cc1. The fourth-order valence-corrected chi connectivity index (χ4v) is 6.05. The fraction of sp³-hybridized carbons (Fsp3) is 0.375. The Hall–Kier alpha value is -3.15. The van der Waals surface area contributed by atoms with E-state index < -0.39 is 0 Å². The van der Waals surface area contributed by atoms with Gasteiger partial charge >= 0.3 is 0 Å². The summed E-state index contributed by atoms with van der Waals surface area (Å²) in [5, 5.41) is 1.28. The number of nitrogens with zero attached hydrogens (tertiary/aromatic N) is 3. The van der Waals surface area contributed by atoms with Gasteiger partial charge in [-0.2, -0.15) is 0 Å². The molecule has 2 fully saturated rings. The van der Waals surface area contributed by atoms with Crippen molar-refractivity contribution in [1.82, 2.24) is 9.47 Å². The van der Waals surface area contributed by atoms with Crippen LogP contribution in [0, 0.1) is 12.7 Å². The van der Waals surface area contributed by atoms with Crippen molar-refractivity contribution in [1.29, 1.82) is 0 Å². The first-order valence-electron chi connectivity index (χ1n) is 13.5. The van der Waals surface area contributed by atoms with Crippen molar-refractivity contribution in [3.8, 4) is 11.1 Å². The molecular weight excluding hydrogens is 461 g/mol. The van der Waals surface area contributed by atoms with Crippen molar-refractivity contribution in [2.75, 3.05) is 31.3 Å². The smallest absolute Gasteiger partial charge is 0.123 e.